The van der Waals surface area contributed by atoms with Gasteiger partial charge in [0.05, 0.1) is 15.1 Å². The lowest BCUT2D eigenvalue weighted by Gasteiger charge is -2.18. The molecule has 0 aliphatic heterocycles. The van der Waals surface area contributed by atoms with Crippen LogP contribution in [0.25, 0.3) is 40.1 Å². The van der Waals surface area contributed by atoms with Gasteiger partial charge in [-0.1, -0.05) is 91.9 Å². The molecule has 43 heavy (non-hydrogen) atoms. The molecule has 0 bridgehead atoms. The second kappa shape index (κ2) is 11.9. The van der Waals surface area contributed by atoms with E-state index in [4.69, 9.17) is 5.10 Å². The van der Waals surface area contributed by atoms with Crippen LogP contribution < -0.4 is 10.1 Å². The second-order valence-corrected chi connectivity index (χ2v) is 12.6. The predicted molar refractivity (Wildman–Crippen MR) is 170 cm³/mol. The van der Waals surface area contributed by atoms with Crippen molar-refractivity contribution in [3.05, 3.63) is 123 Å². The van der Waals surface area contributed by atoms with Gasteiger partial charge in [-0.05, 0) is 42.0 Å². The average Bonchev–Trinajstić information content (AvgIpc) is 3.72. The molecule has 0 saturated heterocycles. The molecule has 0 spiro atoms. The molecule has 0 aliphatic rings. The molecule has 0 amide bonds. The Balaban J connectivity index is 1.44. The molecule has 3 heterocycles. The Morgan fingerprint density at radius 3 is 2.30 bits per heavy atom. The number of fused-ring (bicyclic) bond motifs is 1. The molecule has 11 heteroatoms. The van der Waals surface area contributed by atoms with Crippen molar-refractivity contribution in [3.63, 3.8) is 0 Å². The first-order valence-corrected chi connectivity index (χ1v) is 16.0. The van der Waals surface area contributed by atoms with Crippen LogP contribution in [0.15, 0.2) is 101 Å². The van der Waals surface area contributed by atoms with Crippen molar-refractivity contribution in [1.82, 2.24) is 28.7 Å². The molecule has 0 atom stereocenters. The standard InChI is InChI=1S/C32H28N6O3S2/c1-3-36(4-2)43(40,41)27-17-11-14-24(20-27)30-25(22-37(35-30)26-15-9-6-10-16-26)21-28-31(39)38-32(42-28)33-29(34-38)19-18-23-12-7-5-8-13-23/h5-22H,3-4H2,1-2H3/b19-18+,28-21-. The van der Waals surface area contributed by atoms with Crippen molar-refractivity contribution in [2.24, 2.45) is 0 Å². The van der Waals surface area contributed by atoms with Crippen LogP contribution in [0.1, 0.15) is 30.8 Å². The van der Waals surface area contributed by atoms with Crippen molar-refractivity contribution in [2.75, 3.05) is 13.1 Å². The van der Waals surface area contributed by atoms with Gasteiger partial charge in [0.15, 0.2) is 5.82 Å². The van der Waals surface area contributed by atoms with Gasteiger partial charge in [-0.25, -0.2) is 13.1 Å². The van der Waals surface area contributed by atoms with E-state index in [2.05, 4.69) is 10.1 Å². The van der Waals surface area contributed by atoms with Crippen LogP contribution in [0, 0.1) is 0 Å². The minimum Gasteiger partial charge on any atom is -0.266 e. The first kappa shape index (κ1) is 28.4. The molecule has 3 aromatic heterocycles. The molecule has 0 unspecified atom stereocenters. The minimum absolute atomic E-state index is 0.188. The highest BCUT2D eigenvalue weighted by molar-refractivity contribution is 7.89. The molecule has 3 aromatic carbocycles. The molecule has 0 fully saturated rings. The van der Waals surface area contributed by atoms with E-state index in [9.17, 15) is 13.2 Å². The number of sulfonamides is 1. The molecular formula is C32H28N6O3S2. The monoisotopic (exact) mass is 608 g/mol. The van der Waals surface area contributed by atoms with Crippen molar-refractivity contribution in [1.29, 1.82) is 0 Å². The van der Waals surface area contributed by atoms with Crippen LogP contribution >= 0.6 is 11.3 Å². The summed E-state index contributed by atoms with van der Waals surface area (Å²) in [7, 11) is -3.68. The Morgan fingerprint density at radius 2 is 1.60 bits per heavy atom. The van der Waals surface area contributed by atoms with Crippen LogP contribution in [0.2, 0.25) is 0 Å². The Morgan fingerprint density at radius 1 is 0.884 bits per heavy atom. The van der Waals surface area contributed by atoms with Gasteiger partial charge in [0.1, 0.15) is 5.69 Å². The zero-order valence-electron chi connectivity index (χ0n) is 23.5. The zero-order valence-corrected chi connectivity index (χ0v) is 25.2. The number of para-hydroxylation sites is 1. The largest absolute Gasteiger partial charge is 0.291 e. The minimum atomic E-state index is -3.68. The van der Waals surface area contributed by atoms with Crippen molar-refractivity contribution in [3.8, 4) is 16.9 Å². The fraction of sp³-hybridized carbons (Fsp3) is 0.125. The summed E-state index contributed by atoms with van der Waals surface area (Å²) in [5.41, 5.74) is 3.37. The van der Waals surface area contributed by atoms with Crippen LogP contribution in [0.3, 0.4) is 0 Å². The van der Waals surface area contributed by atoms with Gasteiger partial charge in [-0.2, -0.15) is 18.9 Å². The molecule has 216 valence electrons. The second-order valence-electron chi connectivity index (χ2n) is 9.65. The summed E-state index contributed by atoms with van der Waals surface area (Å²) in [6.45, 7) is 4.37. The van der Waals surface area contributed by atoms with E-state index in [1.54, 1.807) is 35.0 Å². The van der Waals surface area contributed by atoms with Gasteiger partial charge in [0.2, 0.25) is 15.0 Å². The Labute approximate surface area is 252 Å². The van der Waals surface area contributed by atoms with E-state index in [0.717, 1.165) is 11.3 Å². The fourth-order valence-corrected chi connectivity index (χ4v) is 7.15. The summed E-state index contributed by atoms with van der Waals surface area (Å²) in [6.07, 6.45) is 7.27. The summed E-state index contributed by atoms with van der Waals surface area (Å²) >= 11 is 1.24. The Hall–Kier alpha value is -4.71. The first-order chi connectivity index (χ1) is 20.9. The number of thiazole rings is 1. The van der Waals surface area contributed by atoms with Gasteiger partial charge >= 0.3 is 0 Å². The fourth-order valence-electron chi connectivity index (χ4n) is 4.74. The number of rotatable bonds is 9. The van der Waals surface area contributed by atoms with Crippen LogP contribution in [-0.2, 0) is 10.0 Å². The normalized spacial score (nSPS) is 12.7. The van der Waals surface area contributed by atoms with Crippen LogP contribution in [0.4, 0.5) is 0 Å². The number of nitrogens with zero attached hydrogens (tertiary/aromatic N) is 6. The van der Waals surface area contributed by atoms with E-state index in [-0.39, 0.29) is 10.5 Å². The van der Waals surface area contributed by atoms with E-state index in [0.29, 0.717) is 45.2 Å². The lowest BCUT2D eigenvalue weighted by molar-refractivity contribution is 0.445. The predicted octanol–water partition coefficient (Wildman–Crippen LogP) is 4.75. The van der Waals surface area contributed by atoms with Crippen molar-refractivity contribution in [2.45, 2.75) is 18.7 Å². The third-order valence-electron chi connectivity index (χ3n) is 6.92. The van der Waals surface area contributed by atoms with Gasteiger partial charge in [0, 0.05) is 30.4 Å². The molecule has 0 aliphatic carbocycles. The molecule has 0 radical (unpaired) electrons. The Bertz CT molecular complexity index is 2150. The topological polar surface area (TPSA) is 102 Å². The van der Waals surface area contributed by atoms with E-state index < -0.39 is 10.0 Å². The first-order valence-electron chi connectivity index (χ1n) is 13.8. The van der Waals surface area contributed by atoms with Crippen molar-refractivity contribution < 1.29 is 8.42 Å². The van der Waals surface area contributed by atoms with Crippen molar-refractivity contribution >= 4 is 44.5 Å². The quantitative estimate of drug-likeness (QED) is 0.235. The van der Waals surface area contributed by atoms with Crippen LogP contribution in [0.5, 0.6) is 0 Å². The highest BCUT2D eigenvalue weighted by atomic mass is 32.2. The molecule has 9 nitrogen and oxygen atoms in total. The average molecular weight is 609 g/mol. The van der Waals surface area contributed by atoms with Gasteiger partial charge in [0.25, 0.3) is 5.56 Å². The maximum absolute atomic E-state index is 13.4. The van der Waals surface area contributed by atoms with Gasteiger partial charge in [-0.3, -0.25) is 4.79 Å². The zero-order chi connectivity index (χ0) is 30.0. The molecule has 0 N–H and O–H groups in total. The smallest absolute Gasteiger partial charge is 0.266 e. The highest BCUT2D eigenvalue weighted by Crippen LogP contribution is 2.28. The van der Waals surface area contributed by atoms with Crippen LogP contribution in [-0.4, -0.2) is 50.2 Å². The van der Waals surface area contributed by atoms with E-state index in [1.165, 1.54) is 20.2 Å². The summed E-state index contributed by atoms with van der Waals surface area (Å²) in [4.78, 5) is 18.6. The molecule has 6 rings (SSSR count). The third kappa shape index (κ3) is 5.70. The number of aromatic nitrogens is 5. The molecular weight excluding hydrogens is 581 g/mol. The summed E-state index contributed by atoms with van der Waals surface area (Å²) < 4.78 is 31.4. The summed E-state index contributed by atoms with van der Waals surface area (Å²) in [6, 6.07) is 26.2. The number of hydrogen-bond donors (Lipinski definition) is 0. The highest BCUT2D eigenvalue weighted by Gasteiger charge is 2.23. The van der Waals surface area contributed by atoms with E-state index >= 15 is 0 Å². The van der Waals surface area contributed by atoms with Gasteiger partial charge < -0.3 is 0 Å². The molecule has 0 saturated carbocycles. The summed E-state index contributed by atoms with van der Waals surface area (Å²) in [5.74, 6) is 0.447. The number of benzene rings is 3. The summed E-state index contributed by atoms with van der Waals surface area (Å²) in [5, 5.41) is 9.22. The maximum atomic E-state index is 13.4. The Kier molecular flexibility index (Phi) is 7.85. The van der Waals surface area contributed by atoms with Gasteiger partial charge in [-0.15, -0.1) is 5.10 Å². The molecule has 6 aromatic rings. The SMILES string of the molecule is CCN(CC)S(=O)(=O)c1cccc(-c2nn(-c3ccccc3)cc2/C=c2\sc3nc(/C=C/c4ccccc4)nn3c2=O)c1. The lowest BCUT2D eigenvalue weighted by atomic mass is 10.1. The number of hydrogen-bond acceptors (Lipinski definition) is 7. The van der Waals surface area contributed by atoms with E-state index in [1.807, 2.05) is 92.9 Å². The third-order valence-corrected chi connectivity index (χ3v) is 9.93. The lowest BCUT2D eigenvalue weighted by Crippen LogP contribution is -2.30. The maximum Gasteiger partial charge on any atom is 0.291 e.